The molecule has 0 saturated heterocycles. The van der Waals surface area contributed by atoms with Crippen LogP contribution in [0.3, 0.4) is 0 Å². The monoisotopic (exact) mass is 348 g/mol. The molecule has 0 aliphatic heterocycles. The zero-order valence-corrected chi connectivity index (χ0v) is 14.5. The maximum Gasteiger partial charge on any atom is 0.251 e. The number of nitrogens with zero attached hydrogens (tertiary/aromatic N) is 2. The molecule has 2 N–H and O–H groups in total. The van der Waals surface area contributed by atoms with E-state index in [0.717, 1.165) is 17.7 Å². The Kier molecular flexibility index (Phi) is 5.43. The van der Waals surface area contributed by atoms with Crippen LogP contribution >= 0.6 is 0 Å². The molecule has 0 radical (unpaired) electrons. The minimum absolute atomic E-state index is 0.141. The van der Waals surface area contributed by atoms with Crippen LogP contribution in [0, 0.1) is 0 Å². The molecule has 3 aromatic rings. The van der Waals surface area contributed by atoms with Gasteiger partial charge >= 0.3 is 0 Å². The molecule has 3 rings (SSSR count). The van der Waals surface area contributed by atoms with E-state index in [1.54, 1.807) is 30.5 Å². The SMILES string of the molecule is CC(=O)Nc1ccc(C(=O)NCc2ccc(Cn3cccn3)cc2)cc1. The maximum atomic E-state index is 12.2. The first-order chi connectivity index (χ1) is 12.6. The highest BCUT2D eigenvalue weighted by Crippen LogP contribution is 2.10. The molecule has 0 fully saturated rings. The molecule has 2 aromatic carbocycles. The lowest BCUT2D eigenvalue weighted by molar-refractivity contribution is -0.114. The summed E-state index contributed by atoms with van der Waals surface area (Å²) >= 11 is 0. The summed E-state index contributed by atoms with van der Waals surface area (Å²) in [5.74, 6) is -0.293. The summed E-state index contributed by atoms with van der Waals surface area (Å²) in [7, 11) is 0. The van der Waals surface area contributed by atoms with Gasteiger partial charge in [-0.15, -0.1) is 0 Å². The van der Waals surface area contributed by atoms with Gasteiger partial charge in [0.25, 0.3) is 5.91 Å². The average molecular weight is 348 g/mol. The Morgan fingerprint density at radius 3 is 2.31 bits per heavy atom. The van der Waals surface area contributed by atoms with E-state index < -0.39 is 0 Å². The number of aromatic nitrogens is 2. The summed E-state index contributed by atoms with van der Waals surface area (Å²) in [6, 6.07) is 16.8. The van der Waals surface area contributed by atoms with Crippen LogP contribution in [0.5, 0.6) is 0 Å². The number of carbonyl (C=O) groups is 2. The minimum atomic E-state index is -0.153. The van der Waals surface area contributed by atoms with E-state index in [0.29, 0.717) is 17.8 Å². The van der Waals surface area contributed by atoms with E-state index in [-0.39, 0.29) is 11.8 Å². The van der Waals surface area contributed by atoms with Crippen LogP contribution in [-0.4, -0.2) is 21.6 Å². The van der Waals surface area contributed by atoms with Crippen LogP contribution in [0.2, 0.25) is 0 Å². The first kappa shape index (κ1) is 17.4. The number of anilines is 1. The first-order valence-corrected chi connectivity index (χ1v) is 8.31. The number of carbonyl (C=O) groups excluding carboxylic acids is 2. The van der Waals surface area contributed by atoms with Gasteiger partial charge in [0.05, 0.1) is 6.54 Å². The van der Waals surface area contributed by atoms with Crippen LogP contribution in [-0.2, 0) is 17.9 Å². The van der Waals surface area contributed by atoms with Crippen LogP contribution in [0.15, 0.2) is 67.0 Å². The first-order valence-electron chi connectivity index (χ1n) is 8.31. The van der Waals surface area contributed by atoms with Crippen LogP contribution in [0.1, 0.15) is 28.4 Å². The van der Waals surface area contributed by atoms with Gasteiger partial charge in [-0.1, -0.05) is 24.3 Å². The largest absolute Gasteiger partial charge is 0.348 e. The molecule has 132 valence electrons. The maximum absolute atomic E-state index is 12.2. The number of rotatable bonds is 6. The molecule has 0 bridgehead atoms. The van der Waals surface area contributed by atoms with E-state index in [2.05, 4.69) is 15.7 Å². The Hall–Kier alpha value is -3.41. The predicted molar refractivity (Wildman–Crippen MR) is 99.7 cm³/mol. The molecule has 0 atom stereocenters. The fourth-order valence-electron chi connectivity index (χ4n) is 2.54. The van der Waals surface area contributed by atoms with Crippen molar-refractivity contribution in [3.63, 3.8) is 0 Å². The van der Waals surface area contributed by atoms with Crippen molar-refractivity contribution >= 4 is 17.5 Å². The Balaban J connectivity index is 1.53. The van der Waals surface area contributed by atoms with Gasteiger partial charge in [0, 0.05) is 37.1 Å². The fourth-order valence-corrected chi connectivity index (χ4v) is 2.54. The number of hydrogen-bond acceptors (Lipinski definition) is 3. The highest BCUT2D eigenvalue weighted by Gasteiger charge is 2.06. The van der Waals surface area contributed by atoms with E-state index in [4.69, 9.17) is 0 Å². The third kappa shape index (κ3) is 4.80. The quantitative estimate of drug-likeness (QED) is 0.719. The van der Waals surface area contributed by atoms with Crippen molar-refractivity contribution in [1.29, 1.82) is 0 Å². The zero-order valence-electron chi connectivity index (χ0n) is 14.5. The number of benzene rings is 2. The summed E-state index contributed by atoms with van der Waals surface area (Å²) < 4.78 is 1.86. The van der Waals surface area contributed by atoms with Crippen molar-refractivity contribution < 1.29 is 9.59 Å². The van der Waals surface area contributed by atoms with Gasteiger partial charge in [0.15, 0.2) is 0 Å². The van der Waals surface area contributed by atoms with Crippen molar-refractivity contribution in [2.45, 2.75) is 20.0 Å². The number of hydrogen-bond donors (Lipinski definition) is 2. The lowest BCUT2D eigenvalue weighted by Gasteiger charge is -2.08. The van der Waals surface area contributed by atoms with E-state index >= 15 is 0 Å². The molecule has 1 heterocycles. The van der Waals surface area contributed by atoms with E-state index in [9.17, 15) is 9.59 Å². The second kappa shape index (κ2) is 8.11. The van der Waals surface area contributed by atoms with Gasteiger partial charge < -0.3 is 10.6 Å². The molecule has 2 amide bonds. The highest BCUT2D eigenvalue weighted by atomic mass is 16.2. The highest BCUT2D eigenvalue weighted by molar-refractivity contribution is 5.95. The Bertz CT molecular complexity index is 869. The molecular formula is C20H20N4O2. The summed E-state index contributed by atoms with van der Waals surface area (Å²) in [6.07, 6.45) is 3.68. The second-order valence-electron chi connectivity index (χ2n) is 5.96. The molecule has 26 heavy (non-hydrogen) atoms. The van der Waals surface area contributed by atoms with Gasteiger partial charge in [-0.3, -0.25) is 14.3 Å². The van der Waals surface area contributed by atoms with E-state index in [1.807, 2.05) is 41.2 Å². The van der Waals surface area contributed by atoms with Gasteiger partial charge in [-0.25, -0.2) is 0 Å². The summed E-state index contributed by atoms with van der Waals surface area (Å²) in [5.41, 5.74) is 3.39. The van der Waals surface area contributed by atoms with E-state index in [1.165, 1.54) is 6.92 Å². The molecule has 0 unspecified atom stereocenters. The van der Waals surface area contributed by atoms with Crippen LogP contribution in [0.4, 0.5) is 5.69 Å². The van der Waals surface area contributed by atoms with Crippen molar-refractivity contribution in [2.75, 3.05) is 5.32 Å². The molecule has 0 aliphatic carbocycles. The number of nitrogens with one attached hydrogen (secondary N) is 2. The molecule has 0 saturated carbocycles. The molecule has 1 aromatic heterocycles. The minimum Gasteiger partial charge on any atom is -0.348 e. The Labute approximate surface area is 151 Å². The lowest BCUT2D eigenvalue weighted by Crippen LogP contribution is -2.22. The second-order valence-corrected chi connectivity index (χ2v) is 5.96. The van der Waals surface area contributed by atoms with Crippen LogP contribution in [0.25, 0.3) is 0 Å². The van der Waals surface area contributed by atoms with Crippen molar-refractivity contribution in [3.8, 4) is 0 Å². The molecule has 6 heteroatoms. The Morgan fingerprint density at radius 2 is 1.69 bits per heavy atom. The lowest BCUT2D eigenvalue weighted by atomic mass is 10.1. The average Bonchev–Trinajstić information content (AvgIpc) is 3.14. The van der Waals surface area contributed by atoms with Crippen LogP contribution < -0.4 is 10.6 Å². The topological polar surface area (TPSA) is 76.0 Å². The molecular weight excluding hydrogens is 328 g/mol. The standard InChI is InChI=1S/C20H20N4O2/c1-15(25)23-19-9-7-18(8-10-19)20(26)21-13-16-3-5-17(6-4-16)14-24-12-2-11-22-24/h2-12H,13-14H2,1H3,(H,21,26)(H,23,25). The van der Waals surface area contributed by atoms with Gasteiger partial charge in [-0.05, 0) is 41.5 Å². The fraction of sp³-hybridized carbons (Fsp3) is 0.150. The summed E-state index contributed by atoms with van der Waals surface area (Å²) in [5, 5.41) is 9.75. The predicted octanol–water partition coefficient (Wildman–Crippen LogP) is 2.82. The third-order valence-corrected chi connectivity index (χ3v) is 3.85. The molecule has 6 nitrogen and oxygen atoms in total. The van der Waals surface area contributed by atoms with Gasteiger partial charge in [0.1, 0.15) is 0 Å². The normalized spacial score (nSPS) is 10.3. The Morgan fingerprint density at radius 1 is 1.00 bits per heavy atom. The molecule has 0 aliphatic rings. The smallest absolute Gasteiger partial charge is 0.251 e. The summed E-state index contributed by atoms with van der Waals surface area (Å²) in [4.78, 5) is 23.2. The van der Waals surface area contributed by atoms with Crippen molar-refractivity contribution in [3.05, 3.63) is 83.7 Å². The van der Waals surface area contributed by atoms with Gasteiger partial charge in [-0.2, -0.15) is 5.10 Å². The van der Waals surface area contributed by atoms with Crippen molar-refractivity contribution in [1.82, 2.24) is 15.1 Å². The van der Waals surface area contributed by atoms with Gasteiger partial charge in [0.2, 0.25) is 5.91 Å². The number of amides is 2. The zero-order chi connectivity index (χ0) is 18.4. The molecule has 0 spiro atoms. The summed E-state index contributed by atoms with van der Waals surface area (Å²) in [6.45, 7) is 2.62. The van der Waals surface area contributed by atoms with Crippen molar-refractivity contribution in [2.24, 2.45) is 0 Å². The third-order valence-electron chi connectivity index (χ3n) is 3.85.